The number of rotatable bonds is 4. The Morgan fingerprint density at radius 2 is 2.11 bits per heavy atom. The molecule has 1 saturated heterocycles. The molecule has 3 rings (SSSR count). The highest BCUT2D eigenvalue weighted by Crippen LogP contribution is 2.33. The summed E-state index contributed by atoms with van der Waals surface area (Å²) in [6.07, 6.45) is 0.812. The van der Waals surface area contributed by atoms with Crippen molar-refractivity contribution in [3.8, 4) is 0 Å². The first-order valence-corrected chi connectivity index (χ1v) is 10.6. The van der Waals surface area contributed by atoms with Crippen LogP contribution < -0.4 is 0 Å². The van der Waals surface area contributed by atoms with Gasteiger partial charge in [0, 0.05) is 27.1 Å². The molecule has 1 aliphatic rings. The van der Waals surface area contributed by atoms with Crippen molar-refractivity contribution < 1.29 is 19.4 Å². The number of benzene rings is 1. The van der Waals surface area contributed by atoms with Gasteiger partial charge in [0.2, 0.25) is 0 Å². The maximum Gasteiger partial charge on any atom is 0.410 e. The van der Waals surface area contributed by atoms with Crippen LogP contribution in [0.1, 0.15) is 32.1 Å². The van der Waals surface area contributed by atoms with Crippen LogP contribution in [0.3, 0.4) is 0 Å². The zero-order valence-electron chi connectivity index (χ0n) is 15.7. The van der Waals surface area contributed by atoms with Gasteiger partial charge in [0.15, 0.2) is 0 Å². The molecule has 1 aliphatic heterocycles. The van der Waals surface area contributed by atoms with Crippen molar-refractivity contribution in [1.29, 1.82) is 0 Å². The first-order chi connectivity index (χ1) is 12.6. The lowest BCUT2D eigenvalue weighted by molar-refractivity contribution is -0.143. The number of carbonyl (C=O) groups excluding carboxylic acids is 1. The van der Waals surface area contributed by atoms with Gasteiger partial charge in [-0.05, 0) is 63.1 Å². The average molecular weight is 454 g/mol. The van der Waals surface area contributed by atoms with E-state index in [0.717, 1.165) is 19.4 Å². The molecule has 2 atom stereocenters. The van der Waals surface area contributed by atoms with Crippen LogP contribution in [0.4, 0.5) is 4.79 Å². The third-order valence-electron chi connectivity index (χ3n) is 4.72. The molecule has 5 nitrogen and oxygen atoms in total. The summed E-state index contributed by atoms with van der Waals surface area (Å²) < 4.78 is 7.58. The van der Waals surface area contributed by atoms with Gasteiger partial charge in [-0.25, -0.2) is 4.79 Å². The molecule has 27 heavy (non-hydrogen) atoms. The van der Waals surface area contributed by atoms with Crippen LogP contribution in [0.5, 0.6) is 0 Å². The van der Waals surface area contributed by atoms with Crippen molar-refractivity contribution in [2.24, 2.45) is 11.8 Å². The predicted molar refractivity (Wildman–Crippen MR) is 110 cm³/mol. The Morgan fingerprint density at radius 3 is 2.78 bits per heavy atom. The Kier molecular flexibility index (Phi) is 5.82. The molecular weight excluding hydrogens is 430 g/mol. The molecule has 0 saturated carbocycles. The monoisotopic (exact) mass is 453 g/mol. The summed E-state index contributed by atoms with van der Waals surface area (Å²) in [5.41, 5.74) is -0.549. The Balaban J connectivity index is 1.70. The zero-order chi connectivity index (χ0) is 19.8. The smallest absolute Gasteiger partial charge is 0.410 e. The van der Waals surface area contributed by atoms with Crippen molar-refractivity contribution >= 4 is 49.4 Å². The number of aliphatic carboxylic acids is 1. The van der Waals surface area contributed by atoms with Crippen molar-refractivity contribution in [3.05, 3.63) is 33.6 Å². The summed E-state index contributed by atoms with van der Waals surface area (Å²) in [7, 11) is 0. The third-order valence-corrected chi connectivity index (χ3v) is 6.33. The van der Waals surface area contributed by atoms with Gasteiger partial charge in [-0.1, -0.05) is 22.0 Å². The number of amides is 1. The summed E-state index contributed by atoms with van der Waals surface area (Å²) in [5, 5.41) is 10.9. The van der Waals surface area contributed by atoms with Crippen LogP contribution in [-0.4, -0.2) is 40.8 Å². The topological polar surface area (TPSA) is 66.8 Å². The fourth-order valence-electron chi connectivity index (χ4n) is 3.44. The van der Waals surface area contributed by atoms with Crippen molar-refractivity contribution in [1.82, 2.24) is 4.90 Å². The molecular formula is C20H24BrNO4S. The van der Waals surface area contributed by atoms with E-state index in [1.165, 1.54) is 0 Å². The highest BCUT2D eigenvalue weighted by molar-refractivity contribution is 9.10. The van der Waals surface area contributed by atoms with Crippen LogP contribution >= 0.6 is 27.3 Å². The van der Waals surface area contributed by atoms with Crippen molar-refractivity contribution in [3.63, 3.8) is 0 Å². The van der Waals surface area contributed by atoms with Gasteiger partial charge in [0.25, 0.3) is 0 Å². The van der Waals surface area contributed by atoms with E-state index in [2.05, 4.69) is 28.1 Å². The van der Waals surface area contributed by atoms with Gasteiger partial charge in [-0.3, -0.25) is 4.79 Å². The van der Waals surface area contributed by atoms with E-state index < -0.39 is 17.5 Å². The summed E-state index contributed by atoms with van der Waals surface area (Å²) in [6, 6.07) is 8.15. The number of ether oxygens (including phenoxy) is 1. The summed E-state index contributed by atoms with van der Waals surface area (Å²) in [4.78, 5) is 26.9. The number of carbonyl (C=O) groups is 2. The standard InChI is InChI=1S/C20H24BrNO4S/c1-20(2,3)26-19(25)22-7-6-13(11-22)16(18(23)24)10-15-8-12-4-5-14(21)9-17(12)27-15/h4-5,8-9,13,16H,6-7,10-11H2,1-3H3,(H,23,24)/t13-,16-/m0/s1. The molecule has 146 valence electrons. The molecule has 7 heteroatoms. The Labute approximate surface area is 171 Å². The molecule has 1 aromatic heterocycles. The lowest BCUT2D eigenvalue weighted by Crippen LogP contribution is -2.36. The van der Waals surface area contributed by atoms with Crippen LogP contribution in [0.15, 0.2) is 28.7 Å². The van der Waals surface area contributed by atoms with Gasteiger partial charge in [0.1, 0.15) is 5.60 Å². The number of nitrogens with zero attached hydrogens (tertiary/aromatic N) is 1. The fourth-order valence-corrected chi connectivity index (χ4v) is 5.12. The van der Waals surface area contributed by atoms with Crippen LogP contribution in [-0.2, 0) is 16.0 Å². The van der Waals surface area contributed by atoms with E-state index in [0.29, 0.717) is 25.9 Å². The molecule has 1 fully saturated rings. The molecule has 2 aromatic rings. The number of hydrogen-bond donors (Lipinski definition) is 1. The van der Waals surface area contributed by atoms with Crippen LogP contribution in [0.25, 0.3) is 10.1 Å². The first kappa shape index (κ1) is 20.1. The minimum absolute atomic E-state index is 0.0630. The second kappa shape index (κ2) is 7.80. The number of likely N-dealkylation sites (tertiary alicyclic amines) is 1. The van der Waals surface area contributed by atoms with Gasteiger partial charge >= 0.3 is 12.1 Å². The second-order valence-corrected chi connectivity index (χ2v) is 10.1. The van der Waals surface area contributed by atoms with E-state index in [4.69, 9.17) is 4.74 Å². The second-order valence-electron chi connectivity index (χ2n) is 8.02. The fraction of sp³-hybridized carbons (Fsp3) is 0.500. The number of thiophene rings is 1. The third kappa shape index (κ3) is 5.02. The van der Waals surface area contributed by atoms with Gasteiger partial charge < -0.3 is 14.7 Å². The van der Waals surface area contributed by atoms with E-state index in [1.807, 2.05) is 32.9 Å². The molecule has 1 aromatic carbocycles. The zero-order valence-corrected chi connectivity index (χ0v) is 18.1. The average Bonchev–Trinajstić information content (AvgIpc) is 3.16. The number of carboxylic acids is 1. The Morgan fingerprint density at radius 1 is 1.37 bits per heavy atom. The quantitative estimate of drug-likeness (QED) is 0.693. The van der Waals surface area contributed by atoms with Crippen LogP contribution in [0.2, 0.25) is 0 Å². The molecule has 0 spiro atoms. The largest absolute Gasteiger partial charge is 0.481 e. The summed E-state index contributed by atoms with van der Waals surface area (Å²) in [6.45, 7) is 6.47. The summed E-state index contributed by atoms with van der Waals surface area (Å²) >= 11 is 5.11. The number of fused-ring (bicyclic) bond motifs is 1. The normalized spacial score (nSPS) is 18.7. The van der Waals surface area contributed by atoms with Crippen molar-refractivity contribution in [2.75, 3.05) is 13.1 Å². The highest BCUT2D eigenvalue weighted by Gasteiger charge is 2.37. The number of hydrogen-bond acceptors (Lipinski definition) is 4. The number of carboxylic acid groups (broad SMARTS) is 1. The lowest BCUT2D eigenvalue weighted by atomic mass is 9.88. The van der Waals surface area contributed by atoms with Gasteiger partial charge in [-0.15, -0.1) is 11.3 Å². The van der Waals surface area contributed by atoms with E-state index >= 15 is 0 Å². The predicted octanol–water partition coefficient (Wildman–Crippen LogP) is 5.16. The molecule has 1 N–H and O–H groups in total. The van der Waals surface area contributed by atoms with Crippen molar-refractivity contribution in [2.45, 2.75) is 39.2 Å². The van der Waals surface area contributed by atoms with Crippen LogP contribution in [0, 0.1) is 11.8 Å². The van der Waals surface area contributed by atoms with E-state index in [-0.39, 0.29) is 12.0 Å². The summed E-state index contributed by atoms with van der Waals surface area (Å²) in [5.74, 6) is -1.37. The maximum absolute atomic E-state index is 12.3. The van der Waals surface area contributed by atoms with Gasteiger partial charge in [0.05, 0.1) is 5.92 Å². The molecule has 0 unspecified atom stereocenters. The Bertz CT molecular complexity index is 857. The lowest BCUT2D eigenvalue weighted by Gasteiger charge is -2.25. The minimum Gasteiger partial charge on any atom is -0.481 e. The molecule has 0 bridgehead atoms. The van der Waals surface area contributed by atoms with E-state index in [1.54, 1.807) is 16.2 Å². The molecule has 1 amide bonds. The van der Waals surface area contributed by atoms with E-state index in [9.17, 15) is 14.7 Å². The molecule has 0 radical (unpaired) electrons. The Hall–Kier alpha value is -1.60. The SMILES string of the molecule is CC(C)(C)OC(=O)N1CC[C@H]([C@H](Cc2cc3ccc(Br)cc3s2)C(=O)O)C1. The maximum atomic E-state index is 12.3. The van der Waals surface area contributed by atoms with Gasteiger partial charge in [-0.2, -0.15) is 0 Å². The highest BCUT2D eigenvalue weighted by atomic mass is 79.9. The number of halogens is 1. The first-order valence-electron chi connectivity index (χ1n) is 9.01. The minimum atomic E-state index is -0.801. The molecule has 2 heterocycles. The molecule has 0 aliphatic carbocycles.